The van der Waals surface area contributed by atoms with E-state index in [0.29, 0.717) is 0 Å². The summed E-state index contributed by atoms with van der Waals surface area (Å²) in [4.78, 5) is 3.98. The first-order valence-electron chi connectivity index (χ1n) is 5.16. The Balaban J connectivity index is 2.15. The molecule has 0 radical (unpaired) electrons. The Morgan fingerprint density at radius 1 is 1.12 bits per heavy atom. The Morgan fingerprint density at radius 3 is 2.50 bits per heavy atom. The Bertz CT molecular complexity index is 456. The van der Waals surface area contributed by atoms with Gasteiger partial charge in [-0.2, -0.15) is 0 Å². The molecule has 16 heavy (non-hydrogen) atoms. The quantitative estimate of drug-likeness (QED) is 0.884. The number of halogens is 1. The van der Waals surface area contributed by atoms with Gasteiger partial charge in [0.05, 0.1) is 0 Å². The van der Waals surface area contributed by atoms with Gasteiger partial charge in [-0.3, -0.25) is 4.98 Å². The maximum absolute atomic E-state index is 6.12. The Kier molecular flexibility index (Phi) is 3.54. The van der Waals surface area contributed by atoms with E-state index in [9.17, 15) is 0 Å². The number of hydrogen-bond acceptors (Lipinski definition) is 2. The second kappa shape index (κ2) is 5.10. The van der Waals surface area contributed by atoms with E-state index in [4.69, 9.17) is 17.3 Å². The first-order chi connectivity index (χ1) is 7.77. The molecule has 0 spiro atoms. The van der Waals surface area contributed by atoms with Gasteiger partial charge in [0.25, 0.3) is 0 Å². The average molecular weight is 233 g/mol. The van der Waals surface area contributed by atoms with Crippen LogP contribution >= 0.6 is 11.6 Å². The van der Waals surface area contributed by atoms with Crippen LogP contribution in [0.3, 0.4) is 0 Å². The minimum absolute atomic E-state index is 0.0731. The van der Waals surface area contributed by atoms with Gasteiger partial charge in [0.2, 0.25) is 0 Å². The minimum atomic E-state index is -0.0731. The highest BCUT2D eigenvalue weighted by atomic mass is 35.5. The van der Waals surface area contributed by atoms with Crippen molar-refractivity contribution in [1.29, 1.82) is 0 Å². The molecule has 0 fully saturated rings. The van der Waals surface area contributed by atoms with E-state index >= 15 is 0 Å². The largest absolute Gasteiger partial charge is 0.324 e. The van der Waals surface area contributed by atoms with Crippen LogP contribution in [0.2, 0.25) is 5.02 Å². The standard InChI is InChI=1S/C13H13ClN2/c14-12-4-2-1-3-11(12)13(15)9-10-5-7-16-8-6-10/h1-8,13H,9,15H2. The number of nitrogens with two attached hydrogens (primary N) is 1. The van der Waals surface area contributed by atoms with Crippen LogP contribution in [0.4, 0.5) is 0 Å². The lowest BCUT2D eigenvalue weighted by atomic mass is 10.0. The zero-order valence-corrected chi connectivity index (χ0v) is 9.56. The van der Waals surface area contributed by atoms with E-state index in [2.05, 4.69) is 4.98 Å². The number of rotatable bonds is 3. The molecule has 2 rings (SSSR count). The van der Waals surface area contributed by atoms with Crippen LogP contribution in [0.25, 0.3) is 0 Å². The molecule has 0 aliphatic heterocycles. The summed E-state index contributed by atoms with van der Waals surface area (Å²) < 4.78 is 0. The van der Waals surface area contributed by atoms with Crippen molar-refractivity contribution in [2.75, 3.05) is 0 Å². The fourth-order valence-electron chi connectivity index (χ4n) is 1.66. The van der Waals surface area contributed by atoms with Crippen molar-refractivity contribution in [3.8, 4) is 0 Å². The van der Waals surface area contributed by atoms with E-state index < -0.39 is 0 Å². The van der Waals surface area contributed by atoms with E-state index in [0.717, 1.165) is 17.0 Å². The summed E-state index contributed by atoms with van der Waals surface area (Å²) in [5.74, 6) is 0. The number of hydrogen-bond donors (Lipinski definition) is 1. The van der Waals surface area contributed by atoms with Gasteiger partial charge in [0.15, 0.2) is 0 Å². The summed E-state index contributed by atoms with van der Waals surface area (Å²) >= 11 is 6.09. The summed E-state index contributed by atoms with van der Waals surface area (Å²) in [6.45, 7) is 0. The lowest BCUT2D eigenvalue weighted by Crippen LogP contribution is -2.13. The summed E-state index contributed by atoms with van der Waals surface area (Å²) in [5.41, 5.74) is 8.28. The fraction of sp³-hybridized carbons (Fsp3) is 0.154. The summed E-state index contributed by atoms with van der Waals surface area (Å²) in [5, 5.41) is 0.726. The smallest absolute Gasteiger partial charge is 0.0453 e. The molecule has 0 saturated heterocycles. The van der Waals surface area contributed by atoms with E-state index in [1.165, 1.54) is 5.56 Å². The van der Waals surface area contributed by atoms with E-state index in [1.54, 1.807) is 12.4 Å². The summed E-state index contributed by atoms with van der Waals surface area (Å²) in [6, 6.07) is 11.6. The van der Waals surface area contributed by atoms with Gasteiger partial charge < -0.3 is 5.73 Å². The molecule has 1 atom stereocenters. The monoisotopic (exact) mass is 232 g/mol. The highest BCUT2D eigenvalue weighted by molar-refractivity contribution is 6.31. The van der Waals surface area contributed by atoms with Crippen molar-refractivity contribution in [2.45, 2.75) is 12.5 Å². The van der Waals surface area contributed by atoms with Crippen LogP contribution in [0, 0.1) is 0 Å². The molecule has 0 bridgehead atoms. The Morgan fingerprint density at radius 2 is 1.81 bits per heavy atom. The van der Waals surface area contributed by atoms with Crippen molar-refractivity contribution in [3.05, 3.63) is 64.9 Å². The molecular weight excluding hydrogens is 220 g/mol. The molecule has 0 saturated carbocycles. The van der Waals surface area contributed by atoms with Crippen molar-refractivity contribution >= 4 is 11.6 Å². The first kappa shape index (κ1) is 11.1. The molecule has 0 aliphatic carbocycles. The SMILES string of the molecule is NC(Cc1ccncc1)c1ccccc1Cl. The number of nitrogens with zero attached hydrogens (tertiary/aromatic N) is 1. The third kappa shape index (κ3) is 2.60. The van der Waals surface area contributed by atoms with Crippen LogP contribution in [0.5, 0.6) is 0 Å². The Hall–Kier alpha value is -1.38. The van der Waals surface area contributed by atoms with E-state index in [1.807, 2.05) is 36.4 Å². The van der Waals surface area contributed by atoms with Crippen LogP contribution in [-0.4, -0.2) is 4.98 Å². The second-order valence-corrected chi connectivity index (χ2v) is 4.09. The molecule has 1 aromatic carbocycles. The zero-order chi connectivity index (χ0) is 11.4. The van der Waals surface area contributed by atoms with Crippen molar-refractivity contribution in [3.63, 3.8) is 0 Å². The third-order valence-electron chi connectivity index (χ3n) is 2.51. The molecule has 2 N–H and O–H groups in total. The van der Waals surface area contributed by atoms with Crippen LogP contribution in [0.1, 0.15) is 17.2 Å². The van der Waals surface area contributed by atoms with Crippen LogP contribution in [-0.2, 0) is 6.42 Å². The molecule has 1 unspecified atom stereocenters. The molecule has 1 aromatic heterocycles. The maximum atomic E-state index is 6.12. The predicted octanol–water partition coefficient (Wildman–Crippen LogP) is 2.98. The predicted molar refractivity (Wildman–Crippen MR) is 66.3 cm³/mol. The minimum Gasteiger partial charge on any atom is -0.324 e. The van der Waals surface area contributed by atoms with Gasteiger partial charge in [-0.15, -0.1) is 0 Å². The molecule has 82 valence electrons. The first-order valence-corrected chi connectivity index (χ1v) is 5.54. The molecule has 1 heterocycles. The molecule has 2 nitrogen and oxygen atoms in total. The van der Waals surface area contributed by atoms with Gasteiger partial charge in [-0.25, -0.2) is 0 Å². The molecule has 0 aliphatic rings. The normalized spacial score (nSPS) is 12.4. The highest BCUT2D eigenvalue weighted by Gasteiger charge is 2.09. The molecule has 0 amide bonds. The topological polar surface area (TPSA) is 38.9 Å². The van der Waals surface area contributed by atoms with Crippen molar-refractivity contribution < 1.29 is 0 Å². The number of aromatic nitrogens is 1. The zero-order valence-electron chi connectivity index (χ0n) is 8.81. The van der Waals surface area contributed by atoms with Gasteiger partial charge in [0, 0.05) is 23.5 Å². The highest BCUT2D eigenvalue weighted by Crippen LogP contribution is 2.23. The second-order valence-electron chi connectivity index (χ2n) is 3.69. The van der Waals surface area contributed by atoms with Crippen LogP contribution < -0.4 is 5.73 Å². The lowest BCUT2D eigenvalue weighted by Gasteiger charge is -2.13. The van der Waals surface area contributed by atoms with E-state index in [-0.39, 0.29) is 6.04 Å². The third-order valence-corrected chi connectivity index (χ3v) is 2.85. The summed E-state index contributed by atoms with van der Waals surface area (Å²) in [6.07, 6.45) is 4.32. The lowest BCUT2D eigenvalue weighted by molar-refractivity contribution is 0.721. The fourth-order valence-corrected chi connectivity index (χ4v) is 1.93. The van der Waals surface area contributed by atoms with Gasteiger partial charge in [-0.1, -0.05) is 29.8 Å². The van der Waals surface area contributed by atoms with Gasteiger partial charge >= 0.3 is 0 Å². The summed E-state index contributed by atoms with van der Waals surface area (Å²) in [7, 11) is 0. The average Bonchev–Trinajstić information content (AvgIpc) is 2.31. The van der Waals surface area contributed by atoms with Gasteiger partial charge in [0.1, 0.15) is 0 Å². The maximum Gasteiger partial charge on any atom is 0.0453 e. The van der Waals surface area contributed by atoms with Crippen molar-refractivity contribution in [1.82, 2.24) is 4.98 Å². The molecule has 2 aromatic rings. The molecule has 3 heteroatoms. The molecular formula is C13H13ClN2. The Labute approximate surface area is 100 Å². The van der Waals surface area contributed by atoms with Crippen molar-refractivity contribution in [2.24, 2.45) is 5.73 Å². The number of benzene rings is 1. The number of pyridine rings is 1. The van der Waals surface area contributed by atoms with Crippen LogP contribution in [0.15, 0.2) is 48.8 Å². The van der Waals surface area contributed by atoms with Gasteiger partial charge in [-0.05, 0) is 35.7 Å².